The summed E-state index contributed by atoms with van der Waals surface area (Å²) in [6, 6.07) is 15.1. The molecule has 1 aromatic heterocycles. The molecule has 0 aliphatic rings. The summed E-state index contributed by atoms with van der Waals surface area (Å²) in [6.45, 7) is -0.0894. The van der Waals surface area contributed by atoms with Gasteiger partial charge in [-0.2, -0.15) is 0 Å². The van der Waals surface area contributed by atoms with Gasteiger partial charge in [0, 0.05) is 9.26 Å². The fraction of sp³-hybridized carbons (Fsp3) is 0.125. The van der Waals surface area contributed by atoms with Crippen LogP contribution < -0.4 is 5.32 Å². The summed E-state index contributed by atoms with van der Waals surface area (Å²) < 4.78 is 2.84. The molecule has 2 N–H and O–H groups in total. The lowest BCUT2D eigenvalue weighted by Gasteiger charge is -2.09. The maximum Gasteiger partial charge on any atom is 0.244 e. The zero-order chi connectivity index (χ0) is 15.5. The number of para-hydroxylation sites is 2. The van der Waals surface area contributed by atoms with Crippen LogP contribution in [0.3, 0.4) is 0 Å². The highest BCUT2D eigenvalue weighted by atomic mass is 127. The molecule has 6 heteroatoms. The minimum absolute atomic E-state index is 0.113. The number of fused-ring (bicyclic) bond motifs is 1. The van der Waals surface area contributed by atoms with Crippen LogP contribution in [0.5, 0.6) is 0 Å². The quantitative estimate of drug-likeness (QED) is 0.654. The Morgan fingerprint density at radius 2 is 1.91 bits per heavy atom. The van der Waals surface area contributed by atoms with Gasteiger partial charge in [0.05, 0.1) is 11.0 Å². The molecular formula is C16H14IN3O2. The van der Waals surface area contributed by atoms with Gasteiger partial charge in [-0.1, -0.05) is 12.1 Å². The van der Waals surface area contributed by atoms with Gasteiger partial charge in [-0.3, -0.25) is 4.79 Å². The lowest BCUT2D eigenvalue weighted by molar-refractivity contribution is -0.116. The van der Waals surface area contributed by atoms with E-state index in [1.54, 1.807) is 4.57 Å². The van der Waals surface area contributed by atoms with Crippen LogP contribution in [0.15, 0.2) is 48.5 Å². The molecule has 0 aliphatic carbocycles. The fourth-order valence-electron chi connectivity index (χ4n) is 2.30. The number of aromatic nitrogens is 2. The first-order valence-electron chi connectivity index (χ1n) is 6.78. The number of benzene rings is 2. The Morgan fingerprint density at radius 3 is 2.64 bits per heavy atom. The number of rotatable bonds is 4. The maximum atomic E-state index is 12.2. The standard InChI is InChI=1S/C16H14IN3O2/c17-11-5-7-12(8-6-11)18-16(22)9-20-14-4-2-1-3-13(14)19-15(20)10-21/h1-8,21H,9-10H2,(H,18,22). The van der Waals surface area contributed by atoms with Crippen molar-refractivity contribution in [2.24, 2.45) is 0 Å². The Hall–Kier alpha value is -1.93. The van der Waals surface area contributed by atoms with Gasteiger partial charge in [0.15, 0.2) is 0 Å². The van der Waals surface area contributed by atoms with Crippen LogP contribution in [0.4, 0.5) is 5.69 Å². The zero-order valence-corrected chi connectivity index (χ0v) is 13.8. The van der Waals surface area contributed by atoms with Gasteiger partial charge >= 0.3 is 0 Å². The largest absolute Gasteiger partial charge is 0.388 e. The lowest BCUT2D eigenvalue weighted by Crippen LogP contribution is -2.20. The molecule has 3 rings (SSSR count). The van der Waals surface area contributed by atoms with E-state index in [1.165, 1.54) is 0 Å². The highest BCUT2D eigenvalue weighted by Crippen LogP contribution is 2.17. The Labute approximate surface area is 141 Å². The number of hydrogen-bond acceptors (Lipinski definition) is 3. The van der Waals surface area contributed by atoms with Crippen LogP contribution in [0.2, 0.25) is 0 Å². The van der Waals surface area contributed by atoms with E-state index in [9.17, 15) is 9.90 Å². The van der Waals surface area contributed by atoms with Crippen LogP contribution >= 0.6 is 22.6 Å². The summed E-state index contributed by atoms with van der Waals surface area (Å²) in [4.78, 5) is 16.6. The number of aliphatic hydroxyl groups is 1. The summed E-state index contributed by atoms with van der Waals surface area (Å²) in [5.74, 6) is 0.332. The van der Waals surface area contributed by atoms with Crippen LogP contribution in [0.25, 0.3) is 11.0 Å². The van der Waals surface area contributed by atoms with Gasteiger partial charge in [-0.15, -0.1) is 0 Å². The molecule has 2 aromatic carbocycles. The predicted molar refractivity (Wildman–Crippen MR) is 93.4 cm³/mol. The van der Waals surface area contributed by atoms with Crippen molar-refractivity contribution in [1.82, 2.24) is 9.55 Å². The van der Waals surface area contributed by atoms with Gasteiger partial charge in [-0.05, 0) is 59.0 Å². The van der Waals surface area contributed by atoms with E-state index >= 15 is 0 Å². The minimum Gasteiger partial charge on any atom is -0.388 e. The molecule has 0 unspecified atom stereocenters. The Kier molecular flexibility index (Phi) is 4.39. The van der Waals surface area contributed by atoms with E-state index in [2.05, 4.69) is 32.9 Å². The number of carbonyl (C=O) groups excluding carboxylic acids is 1. The van der Waals surface area contributed by atoms with Gasteiger partial charge < -0.3 is 15.0 Å². The molecule has 0 bridgehead atoms. The summed E-state index contributed by atoms with van der Waals surface area (Å²) in [7, 11) is 0. The Bertz CT molecular complexity index is 812. The third-order valence-corrected chi connectivity index (χ3v) is 4.02. The summed E-state index contributed by atoms with van der Waals surface area (Å²) in [5, 5.41) is 12.3. The molecular weight excluding hydrogens is 393 g/mol. The number of hydrogen-bond donors (Lipinski definition) is 2. The van der Waals surface area contributed by atoms with E-state index in [0.29, 0.717) is 5.82 Å². The van der Waals surface area contributed by atoms with Crippen molar-refractivity contribution in [3.05, 3.63) is 57.9 Å². The molecule has 0 spiro atoms. The average molecular weight is 407 g/mol. The Morgan fingerprint density at radius 1 is 1.18 bits per heavy atom. The predicted octanol–water partition coefficient (Wildman–Crippen LogP) is 2.77. The number of amides is 1. The van der Waals surface area contributed by atoms with Crippen LogP contribution in [-0.4, -0.2) is 20.6 Å². The SMILES string of the molecule is O=C(Cn1c(CO)nc2ccccc21)Nc1ccc(I)cc1. The van der Waals surface area contributed by atoms with Crippen molar-refractivity contribution >= 4 is 45.2 Å². The fourth-order valence-corrected chi connectivity index (χ4v) is 2.66. The first kappa shape index (κ1) is 15.0. The summed E-state index contributed by atoms with van der Waals surface area (Å²) in [5.41, 5.74) is 2.36. The van der Waals surface area contributed by atoms with E-state index in [1.807, 2.05) is 48.5 Å². The van der Waals surface area contributed by atoms with Gasteiger partial charge in [0.2, 0.25) is 5.91 Å². The lowest BCUT2D eigenvalue weighted by atomic mass is 10.3. The van der Waals surface area contributed by atoms with Gasteiger partial charge in [-0.25, -0.2) is 4.98 Å². The summed E-state index contributed by atoms with van der Waals surface area (Å²) >= 11 is 2.21. The van der Waals surface area contributed by atoms with Crippen LogP contribution in [0.1, 0.15) is 5.82 Å². The number of nitrogens with one attached hydrogen (secondary N) is 1. The maximum absolute atomic E-state index is 12.2. The van der Waals surface area contributed by atoms with E-state index in [0.717, 1.165) is 20.3 Å². The topological polar surface area (TPSA) is 67.2 Å². The van der Waals surface area contributed by atoms with E-state index < -0.39 is 0 Å². The van der Waals surface area contributed by atoms with Gasteiger partial charge in [0.1, 0.15) is 19.0 Å². The molecule has 0 atom stereocenters. The third-order valence-electron chi connectivity index (χ3n) is 3.30. The molecule has 1 amide bonds. The minimum atomic E-state index is -0.203. The first-order valence-corrected chi connectivity index (χ1v) is 7.85. The van der Waals surface area contributed by atoms with Crippen LogP contribution in [-0.2, 0) is 17.9 Å². The second kappa shape index (κ2) is 6.45. The molecule has 0 saturated carbocycles. The van der Waals surface area contributed by atoms with Gasteiger partial charge in [0.25, 0.3) is 0 Å². The summed E-state index contributed by atoms with van der Waals surface area (Å²) in [6.07, 6.45) is 0. The highest BCUT2D eigenvalue weighted by molar-refractivity contribution is 14.1. The molecule has 0 fully saturated rings. The molecule has 0 radical (unpaired) electrons. The molecule has 5 nitrogen and oxygen atoms in total. The third kappa shape index (κ3) is 3.12. The molecule has 0 aliphatic heterocycles. The molecule has 0 saturated heterocycles. The van der Waals surface area contributed by atoms with E-state index in [-0.39, 0.29) is 19.1 Å². The number of anilines is 1. The highest BCUT2D eigenvalue weighted by Gasteiger charge is 2.12. The molecule has 1 heterocycles. The van der Waals surface area contributed by atoms with E-state index in [4.69, 9.17) is 0 Å². The molecule has 112 valence electrons. The van der Waals surface area contributed by atoms with Crippen molar-refractivity contribution in [1.29, 1.82) is 0 Å². The van der Waals surface area contributed by atoms with Crippen LogP contribution in [0, 0.1) is 3.57 Å². The number of halogens is 1. The number of nitrogens with zero attached hydrogens (tertiary/aromatic N) is 2. The first-order chi connectivity index (χ1) is 10.7. The van der Waals surface area contributed by atoms with Crippen molar-refractivity contribution in [3.8, 4) is 0 Å². The Balaban J connectivity index is 1.83. The van der Waals surface area contributed by atoms with Crippen molar-refractivity contribution in [2.45, 2.75) is 13.2 Å². The number of imidazole rings is 1. The number of aliphatic hydroxyl groups excluding tert-OH is 1. The molecule has 3 aromatic rings. The zero-order valence-electron chi connectivity index (χ0n) is 11.7. The average Bonchev–Trinajstić information content (AvgIpc) is 2.87. The second-order valence-electron chi connectivity index (χ2n) is 4.82. The normalized spacial score (nSPS) is 10.8. The van der Waals surface area contributed by atoms with Crippen molar-refractivity contribution < 1.29 is 9.90 Å². The van der Waals surface area contributed by atoms with Crippen molar-refractivity contribution in [3.63, 3.8) is 0 Å². The monoisotopic (exact) mass is 407 g/mol. The van der Waals surface area contributed by atoms with Crippen molar-refractivity contribution in [2.75, 3.05) is 5.32 Å². The smallest absolute Gasteiger partial charge is 0.244 e. The number of carbonyl (C=O) groups is 1. The second-order valence-corrected chi connectivity index (χ2v) is 6.06. The molecule has 22 heavy (non-hydrogen) atoms.